The van der Waals surface area contributed by atoms with Gasteiger partial charge in [0, 0.05) is 0 Å². The Kier molecular flexibility index (Phi) is 2.81. The predicted octanol–water partition coefficient (Wildman–Crippen LogP) is 4.49. The highest BCUT2D eigenvalue weighted by atomic mass is 14.4. The molecule has 0 nitrogen and oxygen atoms in total. The second kappa shape index (κ2) is 3.29. The van der Waals surface area contributed by atoms with Crippen LogP contribution in [0.25, 0.3) is 0 Å². The molecule has 1 aliphatic rings. The van der Waals surface area contributed by atoms with Crippen molar-refractivity contribution in [2.24, 2.45) is 22.7 Å². The normalized spacial score (nSPS) is 34.6. The fraction of sp³-hybridized carbons (Fsp3) is 1.00. The highest BCUT2D eigenvalue weighted by Gasteiger charge is 2.37. The SMILES string of the molecule is CC1C[C@H](C(C)(C)C)CCC1(C)C. The van der Waals surface area contributed by atoms with Crippen LogP contribution < -0.4 is 0 Å². The van der Waals surface area contributed by atoms with Gasteiger partial charge in [-0.3, -0.25) is 0 Å². The fourth-order valence-corrected chi connectivity index (χ4v) is 2.44. The maximum atomic E-state index is 2.43. The Hall–Kier alpha value is 0. The molecule has 78 valence electrons. The van der Waals surface area contributed by atoms with Crippen molar-refractivity contribution in [3.63, 3.8) is 0 Å². The molecule has 0 aliphatic heterocycles. The highest BCUT2D eigenvalue weighted by Crippen LogP contribution is 2.47. The summed E-state index contributed by atoms with van der Waals surface area (Å²) in [4.78, 5) is 0. The third-order valence-corrected chi connectivity index (χ3v) is 4.33. The lowest BCUT2D eigenvalue weighted by atomic mass is 9.61. The van der Waals surface area contributed by atoms with Gasteiger partial charge in [0.1, 0.15) is 0 Å². The van der Waals surface area contributed by atoms with Crippen molar-refractivity contribution >= 4 is 0 Å². The molecule has 1 unspecified atom stereocenters. The van der Waals surface area contributed by atoms with Crippen LogP contribution in [0.15, 0.2) is 0 Å². The van der Waals surface area contributed by atoms with Crippen molar-refractivity contribution in [3.8, 4) is 0 Å². The van der Waals surface area contributed by atoms with Crippen LogP contribution >= 0.6 is 0 Å². The Balaban J connectivity index is 2.61. The smallest absolute Gasteiger partial charge is 0.0328 e. The monoisotopic (exact) mass is 182 g/mol. The third kappa shape index (κ3) is 2.48. The Labute approximate surface area is 84.1 Å². The summed E-state index contributed by atoms with van der Waals surface area (Å²) >= 11 is 0. The van der Waals surface area contributed by atoms with Gasteiger partial charge in [0.25, 0.3) is 0 Å². The van der Waals surface area contributed by atoms with Crippen molar-refractivity contribution in [3.05, 3.63) is 0 Å². The van der Waals surface area contributed by atoms with E-state index in [4.69, 9.17) is 0 Å². The minimum absolute atomic E-state index is 0.519. The first kappa shape index (κ1) is 11.1. The Bertz CT molecular complexity index is 171. The first-order valence-electron chi connectivity index (χ1n) is 5.73. The molecule has 0 bridgehead atoms. The predicted molar refractivity (Wildman–Crippen MR) is 59.7 cm³/mol. The van der Waals surface area contributed by atoms with Crippen molar-refractivity contribution in [1.29, 1.82) is 0 Å². The summed E-state index contributed by atoms with van der Waals surface area (Å²) < 4.78 is 0. The van der Waals surface area contributed by atoms with E-state index in [2.05, 4.69) is 41.5 Å². The van der Waals surface area contributed by atoms with Gasteiger partial charge in [-0.25, -0.2) is 0 Å². The second-order valence-corrected chi connectivity index (χ2v) is 6.73. The summed E-state index contributed by atoms with van der Waals surface area (Å²) in [5, 5.41) is 0. The van der Waals surface area contributed by atoms with E-state index in [1.165, 1.54) is 19.3 Å². The van der Waals surface area contributed by atoms with E-state index >= 15 is 0 Å². The number of hydrogen-bond acceptors (Lipinski definition) is 0. The van der Waals surface area contributed by atoms with E-state index in [-0.39, 0.29) is 0 Å². The minimum Gasteiger partial charge on any atom is -0.0620 e. The molecule has 0 aromatic carbocycles. The largest absolute Gasteiger partial charge is 0.0620 e. The molecule has 1 rings (SSSR count). The molecule has 0 aromatic heterocycles. The zero-order chi connectivity index (χ0) is 10.3. The van der Waals surface area contributed by atoms with Crippen LogP contribution in [0.3, 0.4) is 0 Å². The molecule has 13 heavy (non-hydrogen) atoms. The summed E-state index contributed by atoms with van der Waals surface area (Å²) in [6.07, 6.45) is 4.27. The lowest BCUT2D eigenvalue weighted by Crippen LogP contribution is -2.35. The topological polar surface area (TPSA) is 0 Å². The zero-order valence-electron chi connectivity index (χ0n) is 10.3. The molecule has 0 N–H and O–H groups in total. The van der Waals surface area contributed by atoms with Gasteiger partial charge in [0.05, 0.1) is 0 Å². The Morgan fingerprint density at radius 1 is 1.15 bits per heavy atom. The molecule has 0 spiro atoms. The minimum atomic E-state index is 0.519. The van der Waals surface area contributed by atoms with Gasteiger partial charge in [-0.1, -0.05) is 41.5 Å². The maximum Gasteiger partial charge on any atom is -0.0328 e. The van der Waals surface area contributed by atoms with Gasteiger partial charge >= 0.3 is 0 Å². The van der Waals surface area contributed by atoms with Gasteiger partial charge in [0.15, 0.2) is 0 Å². The summed E-state index contributed by atoms with van der Waals surface area (Å²) in [5.41, 5.74) is 1.10. The van der Waals surface area contributed by atoms with Crippen LogP contribution in [0.2, 0.25) is 0 Å². The molecule has 0 heteroatoms. The van der Waals surface area contributed by atoms with Gasteiger partial charge in [-0.2, -0.15) is 0 Å². The van der Waals surface area contributed by atoms with Crippen LogP contribution in [0.5, 0.6) is 0 Å². The van der Waals surface area contributed by atoms with Crippen LogP contribution in [-0.2, 0) is 0 Å². The lowest BCUT2D eigenvalue weighted by molar-refractivity contribution is 0.0578. The molecule has 0 heterocycles. The first-order valence-corrected chi connectivity index (χ1v) is 5.73. The van der Waals surface area contributed by atoms with Crippen LogP contribution in [0.1, 0.15) is 60.8 Å². The first-order chi connectivity index (χ1) is 5.73. The molecule has 1 fully saturated rings. The molecule has 0 aromatic rings. The van der Waals surface area contributed by atoms with E-state index in [0.29, 0.717) is 10.8 Å². The quantitative estimate of drug-likeness (QED) is 0.517. The third-order valence-electron chi connectivity index (χ3n) is 4.33. The van der Waals surface area contributed by atoms with Gasteiger partial charge in [-0.15, -0.1) is 0 Å². The summed E-state index contributed by atoms with van der Waals surface area (Å²) in [6.45, 7) is 14.5. The van der Waals surface area contributed by atoms with E-state index < -0.39 is 0 Å². The number of rotatable bonds is 0. The van der Waals surface area contributed by atoms with E-state index in [1.54, 1.807) is 0 Å². The highest BCUT2D eigenvalue weighted by molar-refractivity contribution is 4.88. The Morgan fingerprint density at radius 2 is 1.69 bits per heavy atom. The van der Waals surface area contributed by atoms with Crippen molar-refractivity contribution in [2.75, 3.05) is 0 Å². The van der Waals surface area contributed by atoms with Crippen molar-refractivity contribution < 1.29 is 0 Å². The van der Waals surface area contributed by atoms with Crippen LogP contribution in [0, 0.1) is 22.7 Å². The van der Waals surface area contributed by atoms with Gasteiger partial charge in [-0.05, 0) is 41.9 Å². The average molecular weight is 182 g/mol. The van der Waals surface area contributed by atoms with Gasteiger partial charge in [0.2, 0.25) is 0 Å². The molecular weight excluding hydrogens is 156 g/mol. The molecule has 0 radical (unpaired) electrons. The van der Waals surface area contributed by atoms with Gasteiger partial charge < -0.3 is 0 Å². The summed E-state index contributed by atoms with van der Waals surface area (Å²) in [5.74, 6) is 1.83. The molecule has 1 saturated carbocycles. The van der Waals surface area contributed by atoms with Crippen LogP contribution in [-0.4, -0.2) is 0 Å². The zero-order valence-corrected chi connectivity index (χ0v) is 10.3. The standard InChI is InChI=1S/C13H26/c1-10-9-11(12(2,3)4)7-8-13(10,5)6/h10-11H,7-9H2,1-6H3/t10?,11-/m1/s1. The van der Waals surface area contributed by atoms with Crippen molar-refractivity contribution in [1.82, 2.24) is 0 Å². The molecule has 1 aliphatic carbocycles. The second-order valence-electron chi connectivity index (χ2n) is 6.73. The number of hydrogen-bond donors (Lipinski definition) is 0. The average Bonchev–Trinajstić information content (AvgIpc) is 1.92. The van der Waals surface area contributed by atoms with E-state index in [9.17, 15) is 0 Å². The molecular formula is C13H26. The van der Waals surface area contributed by atoms with E-state index in [0.717, 1.165) is 11.8 Å². The maximum absolute atomic E-state index is 2.43. The molecule has 0 saturated heterocycles. The summed E-state index contributed by atoms with van der Waals surface area (Å²) in [6, 6.07) is 0. The van der Waals surface area contributed by atoms with E-state index in [1.807, 2.05) is 0 Å². The van der Waals surface area contributed by atoms with Crippen LogP contribution in [0.4, 0.5) is 0 Å². The Morgan fingerprint density at radius 3 is 2.08 bits per heavy atom. The molecule has 0 amide bonds. The molecule has 2 atom stereocenters. The lowest BCUT2D eigenvalue weighted by Gasteiger charge is -2.45. The summed E-state index contributed by atoms with van der Waals surface area (Å²) in [7, 11) is 0. The van der Waals surface area contributed by atoms with Crippen molar-refractivity contribution in [2.45, 2.75) is 60.8 Å². The fourth-order valence-electron chi connectivity index (χ4n) is 2.44.